The Balaban J connectivity index is 4.27. The molecule has 0 radical (unpaired) electrons. The van der Waals surface area contributed by atoms with E-state index < -0.39 is 13.9 Å². The molecule has 3 nitrogen and oxygen atoms in total. The third kappa shape index (κ3) is 4.08. The SMILES string of the molecule is CC(C)(C)[Si](C)(C)OC[C@](C)(O)CO. The Morgan fingerprint density at radius 1 is 1.14 bits per heavy atom. The van der Waals surface area contributed by atoms with Gasteiger partial charge in [-0.2, -0.15) is 0 Å². The van der Waals surface area contributed by atoms with Crippen LogP contribution in [0.2, 0.25) is 18.1 Å². The molecular weight excluding hydrogens is 196 g/mol. The van der Waals surface area contributed by atoms with Gasteiger partial charge in [0.25, 0.3) is 0 Å². The largest absolute Gasteiger partial charge is 0.414 e. The molecule has 0 aromatic heterocycles. The van der Waals surface area contributed by atoms with E-state index in [4.69, 9.17) is 9.53 Å². The van der Waals surface area contributed by atoms with Crippen LogP contribution < -0.4 is 0 Å². The third-order valence-electron chi connectivity index (χ3n) is 2.89. The summed E-state index contributed by atoms with van der Waals surface area (Å²) < 4.78 is 5.78. The molecule has 0 aliphatic rings. The van der Waals surface area contributed by atoms with Gasteiger partial charge in [0.1, 0.15) is 5.60 Å². The average Bonchev–Trinajstić information content (AvgIpc) is 1.99. The zero-order valence-electron chi connectivity index (χ0n) is 10.2. The molecule has 0 unspecified atom stereocenters. The predicted molar refractivity (Wildman–Crippen MR) is 60.9 cm³/mol. The normalized spacial score (nSPS) is 18.0. The smallest absolute Gasteiger partial charge is 0.192 e. The van der Waals surface area contributed by atoms with Gasteiger partial charge in [-0.1, -0.05) is 20.8 Å². The average molecular weight is 220 g/mol. The Hall–Kier alpha value is 0.0969. The van der Waals surface area contributed by atoms with Crippen LogP contribution in [0.5, 0.6) is 0 Å². The van der Waals surface area contributed by atoms with Crippen LogP contribution in [0.25, 0.3) is 0 Å². The van der Waals surface area contributed by atoms with Crippen LogP contribution in [0, 0.1) is 0 Å². The summed E-state index contributed by atoms with van der Waals surface area (Å²) in [6.07, 6.45) is 0. The number of rotatable bonds is 4. The molecule has 0 spiro atoms. The van der Waals surface area contributed by atoms with Crippen LogP contribution >= 0.6 is 0 Å². The summed E-state index contributed by atoms with van der Waals surface area (Å²) in [5.74, 6) is 0. The van der Waals surface area contributed by atoms with Crippen LogP contribution in [0.4, 0.5) is 0 Å². The molecule has 0 fully saturated rings. The van der Waals surface area contributed by atoms with E-state index in [1.807, 2.05) is 0 Å². The second-order valence-electron chi connectivity index (χ2n) is 5.70. The Bertz CT molecular complexity index is 182. The van der Waals surface area contributed by atoms with E-state index in [-0.39, 0.29) is 18.3 Å². The first kappa shape index (κ1) is 14.1. The number of hydrogen-bond acceptors (Lipinski definition) is 3. The van der Waals surface area contributed by atoms with Crippen molar-refractivity contribution in [3.8, 4) is 0 Å². The molecule has 0 heterocycles. The van der Waals surface area contributed by atoms with Crippen molar-refractivity contribution in [2.45, 2.75) is 51.4 Å². The predicted octanol–water partition coefficient (Wildman–Crippen LogP) is 1.75. The molecule has 0 saturated heterocycles. The van der Waals surface area contributed by atoms with Crippen molar-refractivity contribution < 1.29 is 14.6 Å². The maximum Gasteiger partial charge on any atom is 0.192 e. The van der Waals surface area contributed by atoms with Gasteiger partial charge in [0.15, 0.2) is 8.32 Å². The Morgan fingerprint density at radius 2 is 1.57 bits per heavy atom. The Labute approximate surface area is 88.2 Å². The van der Waals surface area contributed by atoms with Crippen molar-refractivity contribution in [3.05, 3.63) is 0 Å². The molecule has 0 amide bonds. The molecular formula is C10H24O3Si. The fraction of sp³-hybridized carbons (Fsp3) is 1.00. The van der Waals surface area contributed by atoms with Crippen LogP contribution in [-0.2, 0) is 4.43 Å². The fourth-order valence-electron chi connectivity index (χ4n) is 0.598. The lowest BCUT2D eigenvalue weighted by Crippen LogP contribution is -2.46. The zero-order chi connectivity index (χ0) is 11.6. The highest BCUT2D eigenvalue weighted by molar-refractivity contribution is 6.74. The topological polar surface area (TPSA) is 49.7 Å². The van der Waals surface area contributed by atoms with Crippen molar-refractivity contribution in [3.63, 3.8) is 0 Å². The second-order valence-corrected chi connectivity index (χ2v) is 10.5. The molecule has 4 heteroatoms. The first-order valence-electron chi connectivity index (χ1n) is 4.99. The summed E-state index contributed by atoms with van der Waals surface area (Å²) in [7, 11) is -1.80. The summed E-state index contributed by atoms with van der Waals surface area (Å²) in [5.41, 5.74) is -1.12. The monoisotopic (exact) mass is 220 g/mol. The lowest BCUT2D eigenvalue weighted by Gasteiger charge is -2.38. The van der Waals surface area contributed by atoms with E-state index in [2.05, 4.69) is 33.9 Å². The molecule has 0 aliphatic carbocycles. The van der Waals surface area contributed by atoms with Crippen LogP contribution in [-0.4, -0.2) is 37.3 Å². The number of aliphatic hydroxyl groups is 2. The van der Waals surface area contributed by atoms with Crippen molar-refractivity contribution in [1.29, 1.82) is 0 Å². The minimum atomic E-state index is -1.80. The van der Waals surface area contributed by atoms with Gasteiger partial charge in [-0.25, -0.2) is 0 Å². The maximum absolute atomic E-state index is 9.60. The molecule has 1 atom stereocenters. The van der Waals surface area contributed by atoms with E-state index in [9.17, 15) is 5.11 Å². The molecule has 0 saturated carbocycles. The van der Waals surface area contributed by atoms with Crippen LogP contribution in [0.3, 0.4) is 0 Å². The quantitative estimate of drug-likeness (QED) is 0.710. The minimum absolute atomic E-state index is 0.137. The Morgan fingerprint density at radius 3 is 1.86 bits per heavy atom. The molecule has 2 N–H and O–H groups in total. The van der Waals surface area contributed by atoms with Crippen molar-refractivity contribution in [2.75, 3.05) is 13.2 Å². The minimum Gasteiger partial charge on any atom is -0.414 e. The summed E-state index contributed by atoms with van der Waals surface area (Å²) in [4.78, 5) is 0. The highest BCUT2D eigenvalue weighted by Crippen LogP contribution is 2.36. The van der Waals surface area contributed by atoms with E-state index in [0.29, 0.717) is 0 Å². The van der Waals surface area contributed by atoms with Gasteiger partial charge in [0, 0.05) is 0 Å². The van der Waals surface area contributed by atoms with Gasteiger partial charge < -0.3 is 14.6 Å². The zero-order valence-corrected chi connectivity index (χ0v) is 11.2. The first-order valence-corrected chi connectivity index (χ1v) is 7.90. The van der Waals surface area contributed by atoms with Gasteiger partial charge in [0.05, 0.1) is 13.2 Å². The molecule has 0 aromatic carbocycles. The summed E-state index contributed by atoms with van der Waals surface area (Å²) >= 11 is 0. The van der Waals surface area contributed by atoms with E-state index >= 15 is 0 Å². The maximum atomic E-state index is 9.60. The van der Waals surface area contributed by atoms with Crippen molar-refractivity contribution >= 4 is 8.32 Å². The van der Waals surface area contributed by atoms with Gasteiger partial charge in [-0.3, -0.25) is 0 Å². The van der Waals surface area contributed by atoms with Gasteiger partial charge >= 0.3 is 0 Å². The molecule has 0 bridgehead atoms. The second kappa shape index (κ2) is 4.31. The van der Waals surface area contributed by atoms with Crippen molar-refractivity contribution in [1.82, 2.24) is 0 Å². The lowest BCUT2D eigenvalue weighted by molar-refractivity contribution is -0.0360. The molecule has 0 aromatic rings. The highest BCUT2D eigenvalue weighted by atomic mass is 28.4. The fourth-order valence-corrected chi connectivity index (χ4v) is 1.70. The summed E-state index contributed by atoms with van der Waals surface area (Å²) in [6, 6.07) is 0. The molecule has 14 heavy (non-hydrogen) atoms. The van der Waals surface area contributed by atoms with Crippen LogP contribution in [0.15, 0.2) is 0 Å². The summed E-state index contributed by atoms with van der Waals surface area (Å²) in [6.45, 7) is 12.2. The van der Waals surface area contributed by atoms with E-state index in [1.54, 1.807) is 6.92 Å². The number of aliphatic hydroxyl groups excluding tert-OH is 1. The number of hydrogen-bond donors (Lipinski definition) is 2. The van der Waals surface area contributed by atoms with E-state index in [0.717, 1.165) is 0 Å². The van der Waals surface area contributed by atoms with Crippen LogP contribution in [0.1, 0.15) is 27.7 Å². The van der Waals surface area contributed by atoms with Crippen molar-refractivity contribution in [2.24, 2.45) is 0 Å². The standard InChI is InChI=1S/C10H24O3Si/c1-9(2,3)14(5,6)13-8-10(4,12)7-11/h11-12H,7-8H2,1-6H3/t10-/m1/s1. The van der Waals surface area contributed by atoms with Gasteiger partial charge in [0.2, 0.25) is 0 Å². The first-order chi connectivity index (χ1) is 6.02. The highest BCUT2D eigenvalue weighted by Gasteiger charge is 2.38. The third-order valence-corrected chi connectivity index (χ3v) is 7.37. The Kier molecular flexibility index (Phi) is 4.34. The molecule has 0 rings (SSSR count). The van der Waals surface area contributed by atoms with Gasteiger partial charge in [-0.05, 0) is 25.1 Å². The lowest BCUT2D eigenvalue weighted by atomic mass is 10.1. The molecule has 86 valence electrons. The molecule has 0 aliphatic heterocycles. The van der Waals surface area contributed by atoms with E-state index in [1.165, 1.54) is 0 Å². The van der Waals surface area contributed by atoms with Gasteiger partial charge in [-0.15, -0.1) is 0 Å². The summed E-state index contributed by atoms with van der Waals surface area (Å²) in [5, 5.41) is 18.6.